The SMILES string of the molecule is CCCCC(CC)COC(=O)c1ccccc1C(=O)OCC(CC)CCCC.CCCCCCCCCCCC. The van der Waals surface area contributed by atoms with E-state index in [1.807, 2.05) is 0 Å². The van der Waals surface area contributed by atoms with Gasteiger partial charge in [-0.2, -0.15) is 0 Å². The van der Waals surface area contributed by atoms with Gasteiger partial charge in [0.05, 0.1) is 24.3 Å². The van der Waals surface area contributed by atoms with E-state index in [9.17, 15) is 9.59 Å². The van der Waals surface area contributed by atoms with E-state index in [2.05, 4.69) is 41.5 Å². The van der Waals surface area contributed by atoms with Gasteiger partial charge in [0.15, 0.2) is 0 Å². The van der Waals surface area contributed by atoms with E-state index in [1.165, 1.54) is 64.2 Å². The first kappa shape index (κ1) is 38.2. The molecule has 0 bridgehead atoms. The molecule has 4 heteroatoms. The second-order valence-corrected chi connectivity index (χ2v) is 11.4. The summed E-state index contributed by atoms with van der Waals surface area (Å²) in [5.41, 5.74) is 0.582. The molecule has 0 amide bonds. The molecule has 0 spiro atoms. The van der Waals surface area contributed by atoms with Gasteiger partial charge >= 0.3 is 11.9 Å². The van der Waals surface area contributed by atoms with Crippen LogP contribution in [-0.4, -0.2) is 25.2 Å². The molecular formula is C36H64O4. The number of esters is 2. The van der Waals surface area contributed by atoms with Crippen LogP contribution in [-0.2, 0) is 9.47 Å². The fourth-order valence-corrected chi connectivity index (χ4v) is 4.74. The number of benzene rings is 1. The molecule has 0 saturated carbocycles. The fourth-order valence-electron chi connectivity index (χ4n) is 4.74. The van der Waals surface area contributed by atoms with Gasteiger partial charge in [-0.1, -0.05) is 156 Å². The molecular weight excluding hydrogens is 496 g/mol. The van der Waals surface area contributed by atoms with Crippen molar-refractivity contribution < 1.29 is 19.1 Å². The molecule has 2 unspecified atom stereocenters. The lowest BCUT2D eigenvalue weighted by molar-refractivity contribution is 0.0381. The largest absolute Gasteiger partial charge is 0.462 e. The van der Waals surface area contributed by atoms with Crippen LogP contribution in [0.2, 0.25) is 0 Å². The molecule has 2 atom stereocenters. The molecule has 1 aromatic carbocycles. The molecule has 0 fully saturated rings. The van der Waals surface area contributed by atoms with Crippen molar-refractivity contribution in [2.45, 2.75) is 157 Å². The van der Waals surface area contributed by atoms with Gasteiger partial charge in [-0.25, -0.2) is 9.59 Å². The third-order valence-corrected chi connectivity index (χ3v) is 7.81. The average molecular weight is 561 g/mol. The van der Waals surface area contributed by atoms with Gasteiger partial charge in [0.25, 0.3) is 0 Å². The van der Waals surface area contributed by atoms with Gasteiger partial charge in [0.1, 0.15) is 0 Å². The number of hydrogen-bond acceptors (Lipinski definition) is 4. The fraction of sp³-hybridized carbons (Fsp3) is 0.778. The Balaban J connectivity index is 0.00000106. The molecule has 0 radical (unpaired) electrons. The van der Waals surface area contributed by atoms with Crippen molar-refractivity contribution in [2.75, 3.05) is 13.2 Å². The zero-order valence-electron chi connectivity index (χ0n) is 27.2. The summed E-state index contributed by atoms with van der Waals surface area (Å²) in [6.45, 7) is 13.9. The minimum Gasteiger partial charge on any atom is -0.462 e. The number of unbranched alkanes of at least 4 members (excludes halogenated alkanes) is 11. The van der Waals surface area contributed by atoms with Crippen molar-refractivity contribution in [1.29, 1.82) is 0 Å². The molecule has 4 nitrogen and oxygen atoms in total. The highest BCUT2D eigenvalue weighted by Crippen LogP contribution is 2.18. The molecule has 0 saturated heterocycles. The van der Waals surface area contributed by atoms with E-state index in [1.54, 1.807) is 24.3 Å². The van der Waals surface area contributed by atoms with Gasteiger partial charge in [-0.05, 0) is 36.8 Å². The summed E-state index contributed by atoms with van der Waals surface area (Å²) in [5, 5.41) is 0. The molecule has 0 heterocycles. The maximum Gasteiger partial charge on any atom is 0.339 e. The minimum atomic E-state index is -0.444. The first-order valence-corrected chi connectivity index (χ1v) is 16.9. The van der Waals surface area contributed by atoms with E-state index in [-0.39, 0.29) is 0 Å². The summed E-state index contributed by atoms with van der Waals surface area (Å²) in [4.78, 5) is 25.1. The summed E-state index contributed by atoms with van der Waals surface area (Å²) in [7, 11) is 0. The number of rotatable bonds is 23. The summed E-state index contributed by atoms with van der Waals surface area (Å²) >= 11 is 0. The summed E-state index contributed by atoms with van der Waals surface area (Å²) < 4.78 is 11.0. The van der Waals surface area contributed by atoms with Gasteiger partial charge < -0.3 is 9.47 Å². The Morgan fingerprint density at radius 2 is 0.850 bits per heavy atom. The van der Waals surface area contributed by atoms with Crippen LogP contribution in [0.1, 0.15) is 178 Å². The normalized spacial score (nSPS) is 12.2. The topological polar surface area (TPSA) is 52.6 Å². The first-order valence-electron chi connectivity index (χ1n) is 16.9. The lowest BCUT2D eigenvalue weighted by atomic mass is 10.0. The third kappa shape index (κ3) is 19.3. The lowest BCUT2D eigenvalue weighted by Crippen LogP contribution is -2.19. The summed E-state index contributed by atoms with van der Waals surface area (Å²) in [6, 6.07) is 6.77. The Hall–Kier alpha value is -1.84. The van der Waals surface area contributed by atoms with Crippen molar-refractivity contribution in [1.82, 2.24) is 0 Å². The third-order valence-electron chi connectivity index (χ3n) is 7.81. The number of hydrogen-bond donors (Lipinski definition) is 0. The smallest absolute Gasteiger partial charge is 0.339 e. The van der Waals surface area contributed by atoms with E-state index in [4.69, 9.17) is 9.47 Å². The molecule has 0 aromatic heterocycles. The van der Waals surface area contributed by atoms with Crippen LogP contribution in [0.5, 0.6) is 0 Å². The maximum atomic E-state index is 12.6. The molecule has 232 valence electrons. The van der Waals surface area contributed by atoms with E-state index >= 15 is 0 Å². The van der Waals surface area contributed by atoms with Crippen molar-refractivity contribution in [3.63, 3.8) is 0 Å². The highest BCUT2D eigenvalue weighted by atomic mass is 16.5. The number of ether oxygens (including phenoxy) is 2. The second kappa shape index (κ2) is 27.3. The van der Waals surface area contributed by atoms with Crippen molar-refractivity contribution in [2.24, 2.45) is 11.8 Å². The van der Waals surface area contributed by atoms with Crippen LogP contribution in [0, 0.1) is 11.8 Å². The van der Waals surface area contributed by atoms with E-state index in [0.29, 0.717) is 36.2 Å². The second-order valence-electron chi connectivity index (χ2n) is 11.4. The van der Waals surface area contributed by atoms with E-state index in [0.717, 1.165) is 51.4 Å². The Labute approximate surface area is 248 Å². The summed E-state index contributed by atoms with van der Waals surface area (Å²) in [6.07, 6.45) is 23.1. The van der Waals surface area contributed by atoms with Gasteiger partial charge in [0.2, 0.25) is 0 Å². The van der Waals surface area contributed by atoms with E-state index < -0.39 is 11.9 Å². The van der Waals surface area contributed by atoms with Crippen LogP contribution >= 0.6 is 0 Å². The number of carbonyl (C=O) groups excluding carboxylic acids is 2. The quantitative estimate of drug-likeness (QED) is 0.0986. The Morgan fingerprint density at radius 1 is 0.525 bits per heavy atom. The maximum absolute atomic E-state index is 12.6. The minimum absolute atomic E-state index is 0.291. The Bertz CT molecular complexity index is 668. The van der Waals surface area contributed by atoms with Gasteiger partial charge in [0, 0.05) is 0 Å². The van der Waals surface area contributed by atoms with Crippen LogP contribution in [0.4, 0.5) is 0 Å². The van der Waals surface area contributed by atoms with Crippen LogP contribution in [0.3, 0.4) is 0 Å². The van der Waals surface area contributed by atoms with Crippen molar-refractivity contribution >= 4 is 11.9 Å². The van der Waals surface area contributed by atoms with Crippen molar-refractivity contribution in [3.8, 4) is 0 Å². The highest BCUT2D eigenvalue weighted by Gasteiger charge is 2.21. The molecule has 0 aliphatic rings. The lowest BCUT2D eigenvalue weighted by Gasteiger charge is -2.17. The van der Waals surface area contributed by atoms with Gasteiger partial charge in [-0.15, -0.1) is 0 Å². The molecule has 0 aliphatic heterocycles. The molecule has 1 rings (SSSR count). The molecule has 40 heavy (non-hydrogen) atoms. The Morgan fingerprint density at radius 3 is 1.15 bits per heavy atom. The standard InChI is InChI=1S/C24H38O4.C12H26/c1-5-9-13-19(7-3)17-27-23(25)21-15-11-12-16-22(21)24(26)28-18-20(8-4)14-10-6-2;1-3-5-7-9-11-12-10-8-6-4-2/h11-12,15-16,19-20H,5-10,13-14,17-18H2,1-4H3;3-12H2,1-2H3. The predicted molar refractivity (Wildman–Crippen MR) is 171 cm³/mol. The molecule has 0 aliphatic carbocycles. The predicted octanol–water partition coefficient (Wildman–Crippen LogP) is 11.4. The zero-order chi connectivity index (χ0) is 29.8. The zero-order valence-corrected chi connectivity index (χ0v) is 27.2. The van der Waals surface area contributed by atoms with Crippen molar-refractivity contribution in [3.05, 3.63) is 35.4 Å². The summed E-state index contributed by atoms with van der Waals surface area (Å²) in [5.74, 6) is -0.153. The van der Waals surface area contributed by atoms with Crippen LogP contribution in [0.15, 0.2) is 24.3 Å². The van der Waals surface area contributed by atoms with Crippen LogP contribution in [0.25, 0.3) is 0 Å². The van der Waals surface area contributed by atoms with Gasteiger partial charge in [-0.3, -0.25) is 0 Å². The molecule has 0 N–H and O–H groups in total. The first-order chi connectivity index (χ1) is 19.5. The molecule has 1 aromatic rings. The number of carbonyl (C=O) groups is 2. The Kier molecular flexibility index (Phi) is 26.1. The average Bonchev–Trinajstić information content (AvgIpc) is 2.98. The highest BCUT2D eigenvalue weighted by molar-refractivity contribution is 6.03. The van der Waals surface area contributed by atoms with Crippen LogP contribution < -0.4 is 0 Å². The monoisotopic (exact) mass is 560 g/mol.